The van der Waals surface area contributed by atoms with E-state index < -0.39 is 16.6 Å². The molecule has 1 fully saturated rings. The van der Waals surface area contributed by atoms with E-state index in [2.05, 4.69) is 18.6 Å². The molecule has 1 aromatic carbocycles. The molecule has 0 heterocycles. The Balaban J connectivity index is 2.29. The third-order valence-corrected chi connectivity index (χ3v) is 6.35. The van der Waals surface area contributed by atoms with Crippen LogP contribution in [0.15, 0.2) is 17.0 Å². The molecule has 4 nitrogen and oxygen atoms in total. The second-order valence-corrected chi connectivity index (χ2v) is 8.69. The van der Waals surface area contributed by atoms with Crippen molar-refractivity contribution in [1.29, 1.82) is 0 Å². The molecule has 0 saturated heterocycles. The summed E-state index contributed by atoms with van der Waals surface area (Å²) in [6.45, 7) is 3.85. The summed E-state index contributed by atoms with van der Waals surface area (Å²) in [6.07, 6.45) is 2.59. The molecule has 0 bridgehead atoms. The number of hydrogen-bond acceptors (Lipinski definition) is 3. The van der Waals surface area contributed by atoms with Crippen LogP contribution in [0, 0.1) is 5.41 Å². The molecule has 1 aliphatic carbocycles. The second kappa shape index (κ2) is 6.05. The first-order chi connectivity index (χ1) is 9.66. The third-order valence-electron chi connectivity index (χ3n) is 3.89. The molecule has 0 aliphatic heterocycles. The number of rotatable bonds is 4. The number of benzene rings is 1. The SMILES string of the molecule is CC1(C)CCC(NS(=O)(=O)c2ccc(Cl)c(CO)c2Cl)C1. The van der Waals surface area contributed by atoms with Crippen LogP contribution in [-0.2, 0) is 16.6 Å². The average molecular weight is 352 g/mol. The summed E-state index contributed by atoms with van der Waals surface area (Å²) in [4.78, 5) is -0.0395. The summed E-state index contributed by atoms with van der Waals surface area (Å²) in [5.41, 5.74) is 0.376. The van der Waals surface area contributed by atoms with E-state index in [0.717, 1.165) is 19.3 Å². The van der Waals surface area contributed by atoms with Gasteiger partial charge in [0.15, 0.2) is 0 Å². The van der Waals surface area contributed by atoms with E-state index in [-0.39, 0.29) is 32.0 Å². The lowest BCUT2D eigenvalue weighted by Gasteiger charge is -2.18. The van der Waals surface area contributed by atoms with Gasteiger partial charge in [0.05, 0.1) is 11.6 Å². The molecule has 21 heavy (non-hydrogen) atoms. The highest BCUT2D eigenvalue weighted by Gasteiger charge is 2.34. The van der Waals surface area contributed by atoms with Crippen LogP contribution in [0.4, 0.5) is 0 Å². The summed E-state index contributed by atoms with van der Waals surface area (Å²) in [5.74, 6) is 0. The van der Waals surface area contributed by atoms with E-state index in [1.807, 2.05) is 0 Å². The van der Waals surface area contributed by atoms with Gasteiger partial charge in [-0.25, -0.2) is 13.1 Å². The zero-order valence-corrected chi connectivity index (χ0v) is 14.3. The Bertz CT molecular complexity index is 644. The van der Waals surface area contributed by atoms with Crippen LogP contribution >= 0.6 is 23.2 Å². The lowest BCUT2D eigenvalue weighted by molar-refractivity contribution is 0.281. The molecule has 1 saturated carbocycles. The molecule has 1 unspecified atom stereocenters. The topological polar surface area (TPSA) is 66.4 Å². The summed E-state index contributed by atoms with van der Waals surface area (Å²) in [6, 6.07) is 2.72. The standard InChI is InChI=1S/C14H19Cl2NO3S/c1-14(2)6-5-9(7-14)17-21(19,20)12-4-3-11(15)10(8-18)13(12)16/h3-4,9,17-18H,5-8H2,1-2H3. The minimum absolute atomic E-state index is 0.0187. The number of aliphatic hydroxyl groups is 1. The van der Waals surface area contributed by atoms with Gasteiger partial charge < -0.3 is 5.11 Å². The fraction of sp³-hybridized carbons (Fsp3) is 0.571. The van der Waals surface area contributed by atoms with Gasteiger partial charge >= 0.3 is 0 Å². The van der Waals surface area contributed by atoms with Crippen molar-refractivity contribution in [2.24, 2.45) is 5.41 Å². The monoisotopic (exact) mass is 351 g/mol. The average Bonchev–Trinajstić information content (AvgIpc) is 2.68. The van der Waals surface area contributed by atoms with Gasteiger partial charge in [-0.1, -0.05) is 37.0 Å². The molecule has 1 atom stereocenters. The molecule has 0 amide bonds. The largest absolute Gasteiger partial charge is 0.392 e. The second-order valence-electron chi connectivity index (χ2n) is 6.22. The van der Waals surface area contributed by atoms with Crippen molar-refractivity contribution in [3.63, 3.8) is 0 Å². The first-order valence-corrected chi connectivity index (χ1v) is 9.00. The van der Waals surface area contributed by atoms with Crippen LogP contribution in [0.2, 0.25) is 10.0 Å². The molecule has 0 radical (unpaired) electrons. The van der Waals surface area contributed by atoms with Crippen LogP contribution in [-0.4, -0.2) is 19.6 Å². The molecule has 0 spiro atoms. The van der Waals surface area contributed by atoms with Crippen molar-refractivity contribution < 1.29 is 13.5 Å². The van der Waals surface area contributed by atoms with Crippen molar-refractivity contribution >= 4 is 33.2 Å². The van der Waals surface area contributed by atoms with Crippen molar-refractivity contribution in [3.8, 4) is 0 Å². The highest BCUT2D eigenvalue weighted by atomic mass is 35.5. The predicted molar refractivity (Wildman–Crippen MR) is 84.1 cm³/mol. The van der Waals surface area contributed by atoms with Crippen LogP contribution in [0.3, 0.4) is 0 Å². The van der Waals surface area contributed by atoms with E-state index >= 15 is 0 Å². The van der Waals surface area contributed by atoms with Gasteiger partial charge in [0.2, 0.25) is 10.0 Å². The first-order valence-electron chi connectivity index (χ1n) is 6.76. The molecular formula is C14H19Cl2NO3S. The van der Waals surface area contributed by atoms with Gasteiger partial charge in [-0.05, 0) is 36.8 Å². The quantitative estimate of drug-likeness (QED) is 0.873. The Hall–Kier alpha value is -0.330. The number of halogens is 2. The summed E-state index contributed by atoms with van der Waals surface area (Å²) in [7, 11) is -3.73. The Morgan fingerprint density at radius 3 is 2.57 bits per heavy atom. The number of nitrogens with one attached hydrogen (secondary N) is 1. The van der Waals surface area contributed by atoms with Gasteiger partial charge in [-0.15, -0.1) is 0 Å². The lowest BCUT2D eigenvalue weighted by Crippen LogP contribution is -2.33. The molecule has 0 aromatic heterocycles. The molecule has 1 aromatic rings. The molecule has 2 rings (SSSR count). The Labute approximate surface area is 135 Å². The Kier molecular flexibility index (Phi) is 4.90. The summed E-state index contributed by atoms with van der Waals surface area (Å²) < 4.78 is 27.7. The predicted octanol–water partition coefficient (Wildman–Crippen LogP) is 3.34. The number of sulfonamides is 1. The third kappa shape index (κ3) is 3.71. The van der Waals surface area contributed by atoms with Crippen molar-refractivity contribution in [2.75, 3.05) is 0 Å². The zero-order valence-electron chi connectivity index (χ0n) is 12.0. The van der Waals surface area contributed by atoms with Crippen molar-refractivity contribution in [2.45, 2.75) is 50.7 Å². The summed E-state index contributed by atoms with van der Waals surface area (Å²) >= 11 is 12.0. The van der Waals surface area contributed by atoms with Crippen molar-refractivity contribution in [1.82, 2.24) is 4.72 Å². The minimum Gasteiger partial charge on any atom is -0.392 e. The first kappa shape index (κ1) is 17.0. The zero-order chi connectivity index (χ0) is 15.8. The van der Waals surface area contributed by atoms with Gasteiger partial charge in [-0.2, -0.15) is 0 Å². The highest BCUT2D eigenvalue weighted by molar-refractivity contribution is 7.89. The van der Waals surface area contributed by atoms with Gasteiger partial charge in [0.1, 0.15) is 4.90 Å². The smallest absolute Gasteiger partial charge is 0.242 e. The van der Waals surface area contributed by atoms with Crippen molar-refractivity contribution in [3.05, 3.63) is 27.7 Å². The molecule has 118 valence electrons. The highest BCUT2D eigenvalue weighted by Crippen LogP contribution is 2.38. The van der Waals surface area contributed by atoms with Crippen LogP contribution in [0.1, 0.15) is 38.7 Å². The molecule has 1 aliphatic rings. The van der Waals surface area contributed by atoms with E-state index in [9.17, 15) is 13.5 Å². The van der Waals surface area contributed by atoms with Crippen LogP contribution in [0.25, 0.3) is 0 Å². The van der Waals surface area contributed by atoms with E-state index in [1.54, 1.807) is 0 Å². The van der Waals surface area contributed by atoms with E-state index in [1.165, 1.54) is 12.1 Å². The van der Waals surface area contributed by atoms with E-state index in [4.69, 9.17) is 23.2 Å². The maximum absolute atomic E-state index is 12.5. The maximum atomic E-state index is 12.5. The van der Waals surface area contributed by atoms with E-state index in [0.29, 0.717) is 0 Å². The number of hydrogen-bond donors (Lipinski definition) is 2. The molecule has 2 N–H and O–H groups in total. The summed E-state index contributed by atoms with van der Waals surface area (Å²) in [5, 5.41) is 9.49. The molecule has 7 heteroatoms. The molecular weight excluding hydrogens is 333 g/mol. The lowest BCUT2D eigenvalue weighted by atomic mass is 9.92. The Morgan fingerprint density at radius 2 is 2.05 bits per heavy atom. The normalized spacial score (nSPS) is 21.7. The fourth-order valence-electron chi connectivity index (χ4n) is 2.75. The van der Waals surface area contributed by atoms with Gasteiger partial charge in [-0.3, -0.25) is 0 Å². The maximum Gasteiger partial charge on any atom is 0.242 e. The Morgan fingerprint density at radius 1 is 1.38 bits per heavy atom. The van der Waals surface area contributed by atoms with Crippen LogP contribution < -0.4 is 4.72 Å². The van der Waals surface area contributed by atoms with Crippen LogP contribution in [0.5, 0.6) is 0 Å². The van der Waals surface area contributed by atoms with Gasteiger partial charge in [0.25, 0.3) is 0 Å². The fourth-order valence-corrected chi connectivity index (χ4v) is 4.92. The van der Waals surface area contributed by atoms with Gasteiger partial charge in [0, 0.05) is 16.6 Å². The minimum atomic E-state index is -3.73. The number of aliphatic hydroxyl groups excluding tert-OH is 1.